The number of rotatable bonds is 10. The van der Waals surface area contributed by atoms with Crippen molar-refractivity contribution < 1.29 is 4.79 Å². The van der Waals surface area contributed by atoms with Gasteiger partial charge in [-0.2, -0.15) is 0 Å². The Morgan fingerprint density at radius 3 is 2.50 bits per heavy atom. The molecule has 1 saturated carbocycles. The first-order chi connectivity index (χ1) is 15.7. The minimum Gasteiger partial charge on any atom is -0.352 e. The molecule has 1 aliphatic rings. The lowest BCUT2D eigenvalue weighted by atomic mass is 10.2. The van der Waals surface area contributed by atoms with Gasteiger partial charge in [-0.25, -0.2) is 4.98 Å². The second-order valence-corrected chi connectivity index (χ2v) is 8.57. The molecule has 32 heavy (non-hydrogen) atoms. The molecule has 6 heteroatoms. The Bertz CT molecular complexity index is 1020. The van der Waals surface area contributed by atoms with Crippen LogP contribution >= 0.6 is 0 Å². The molecule has 0 bridgehead atoms. The number of hydrogen-bond acceptors (Lipinski definition) is 4. The molecule has 1 aliphatic carbocycles. The van der Waals surface area contributed by atoms with Crippen molar-refractivity contribution in [3.05, 3.63) is 54.1 Å². The number of anilines is 2. The monoisotopic (exact) mass is 433 g/mol. The summed E-state index contributed by atoms with van der Waals surface area (Å²) in [7, 11) is 0. The molecule has 0 atom stereocenters. The lowest BCUT2D eigenvalue weighted by Gasteiger charge is -2.18. The van der Waals surface area contributed by atoms with E-state index in [9.17, 15) is 4.79 Å². The Hall–Kier alpha value is -2.86. The topological polar surface area (TPSA) is 62.2 Å². The van der Waals surface area contributed by atoms with Crippen LogP contribution < -0.4 is 10.6 Å². The van der Waals surface area contributed by atoms with Gasteiger partial charge in [0.05, 0.1) is 11.0 Å². The molecule has 0 saturated heterocycles. The van der Waals surface area contributed by atoms with Crippen molar-refractivity contribution in [2.24, 2.45) is 0 Å². The number of carbonyl (C=O) groups excluding carboxylic acids is 1. The molecule has 6 nitrogen and oxygen atoms in total. The van der Waals surface area contributed by atoms with E-state index in [0.717, 1.165) is 43.2 Å². The minimum atomic E-state index is -0.0192. The molecule has 0 spiro atoms. The van der Waals surface area contributed by atoms with Gasteiger partial charge < -0.3 is 20.1 Å². The molecule has 1 heterocycles. The highest BCUT2D eigenvalue weighted by atomic mass is 16.1. The molecule has 2 N–H and O–H groups in total. The predicted molar refractivity (Wildman–Crippen MR) is 132 cm³/mol. The number of nitrogens with one attached hydrogen (secondary N) is 2. The van der Waals surface area contributed by atoms with E-state index in [-0.39, 0.29) is 5.91 Å². The minimum absolute atomic E-state index is 0.0192. The molecular formula is C26H35N5O. The molecule has 3 aromatic rings. The first-order valence-electron chi connectivity index (χ1n) is 12.0. The zero-order valence-electron chi connectivity index (χ0n) is 19.3. The molecule has 0 unspecified atom stereocenters. The van der Waals surface area contributed by atoms with Gasteiger partial charge in [0.1, 0.15) is 0 Å². The summed E-state index contributed by atoms with van der Waals surface area (Å²) in [4.78, 5) is 19.7. The molecule has 2 aromatic carbocycles. The highest BCUT2D eigenvalue weighted by molar-refractivity contribution is 5.94. The fourth-order valence-corrected chi connectivity index (χ4v) is 4.65. The zero-order valence-corrected chi connectivity index (χ0v) is 19.3. The van der Waals surface area contributed by atoms with Crippen molar-refractivity contribution in [2.45, 2.75) is 52.0 Å². The lowest BCUT2D eigenvalue weighted by molar-refractivity contribution is 0.0952. The first kappa shape index (κ1) is 22.3. The third kappa shape index (κ3) is 5.13. The fourth-order valence-electron chi connectivity index (χ4n) is 4.65. The van der Waals surface area contributed by atoms with Gasteiger partial charge in [0.2, 0.25) is 5.95 Å². The summed E-state index contributed by atoms with van der Waals surface area (Å²) < 4.78 is 2.36. The summed E-state index contributed by atoms with van der Waals surface area (Å²) in [5, 5.41) is 6.53. The van der Waals surface area contributed by atoms with E-state index < -0.39 is 0 Å². The van der Waals surface area contributed by atoms with E-state index in [1.165, 1.54) is 31.2 Å². The Labute approximate surface area is 191 Å². The normalized spacial score (nSPS) is 14.3. The molecular weight excluding hydrogens is 398 g/mol. The van der Waals surface area contributed by atoms with Crippen molar-refractivity contribution in [2.75, 3.05) is 31.5 Å². The molecule has 0 radical (unpaired) electrons. The van der Waals surface area contributed by atoms with E-state index in [1.54, 1.807) is 0 Å². The van der Waals surface area contributed by atoms with Crippen molar-refractivity contribution in [1.29, 1.82) is 0 Å². The van der Waals surface area contributed by atoms with Gasteiger partial charge in [0.15, 0.2) is 0 Å². The highest BCUT2D eigenvalue weighted by Crippen LogP contribution is 2.36. The smallest absolute Gasteiger partial charge is 0.251 e. The Morgan fingerprint density at radius 1 is 1.06 bits per heavy atom. The maximum atomic E-state index is 12.5. The van der Waals surface area contributed by atoms with E-state index >= 15 is 0 Å². The maximum absolute atomic E-state index is 12.5. The van der Waals surface area contributed by atoms with Crippen LogP contribution in [0.3, 0.4) is 0 Å². The zero-order chi connectivity index (χ0) is 22.3. The molecule has 1 aromatic heterocycles. The van der Waals surface area contributed by atoms with Gasteiger partial charge in [-0.3, -0.25) is 4.79 Å². The van der Waals surface area contributed by atoms with Gasteiger partial charge in [0, 0.05) is 23.8 Å². The van der Waals surface area contributed by atoms with E-state index in [0.29, 0.717) is 18.2 Å². The number of nitrogens with zero attached hydrogens (tertiary/aromatic N) is 3. The standard InChI is InChI=1S/C26H35N5O/c1-3-30(4-2)19-9-18-27-25(32)20-14-16-21(17-15-20)28-26-29-23-12-7-8-13-24(23)31(26)22-10-5-6-11-22/h7-8,12-17,22H,3-6,9-11,18-19H2,1-2H3,(H,27,32)(H,28,29). The second-order valence-electron chi connectivity index (χ2n) is 8.57. The maximum Gasteiger partial charge on any atom is 0.251 e. The average Bonchev–Trinajstić information content (AvgIpc) is 3.47. The van der Waals surface area contributed by atoms with Crippen LogP contribution in [0.5, 0.6) is 0 Å². The Morgan fingerprint density at radius 2 is 1.78 bits per heavy atom. The average molecular weight is 434 g/mol. The third-order valence-electron chi connectivity index (χ3n) is 6.52. The van der Waals surface area contributed by atoms with Gasteiger partial charge in [-0.15, -0.1) is 0 Å². The van der Waals surface area contributed by atoms with E-state index in [1.807, 2.05) is 30.3 Å². The molecule has 1 amide bonds. The predicted octanol–water partition coefficient (Wildman–Crippen LogP) is 5.36. The van der Waals surface area contributed by atoms with Crippen LogP contribution in [0.25, 0.3) is 11.0 Å². The summed E-state index contributed by atoms with van der Waals surface area (Å²) in [5.41, 5.74) is 3.82. The van der Waals surface area contributed by atoms with E-state index in [4.69, 9.17) is 4.98 Å². The van der Waals surface area contributed by atoms with Gasteiger partial charge >= 0.3 is 0 Å². The number of aromatic nitrogens is 2. The lowest BCUT2D eigenvalue weighted by Crippen LogP contribution is -2.29. The third-order valence-corrected chi connectivity index (χ3v) is 6.52. The van der Waals surface area contributed by atoms with Crippen LogP contribution in [0.1, 0.15) is 62.4 Å². The van der Waals surface area contributed by atoms with Gasteiger partial charge in [0.25, 0.3) is 5.91 Å². The number of carbonyl (C=O) groups is 1. The first-order valence-corrected chi connectivity index (χ1v) is 12.0. The summed E-state index contributed by atoms with van der Waals surface area (Å²) in [5.74, 6) is 0.862. The number of para-hydroxylation sites is 2. The largest absolute Gasteiger partial charge is 0.352 e. The summed E-state index contributed by atoms with van der Waals surface area (Å²) >= 11 is 0. The number of benzene rings is 2. The molecule has 1 fully saturated rings. The molecule has 170 valence electrons. The van der Waals surface area contributed by atoms with Crippen LogP contribution in [-0.2, 0) is 0 Å². The van der Waals surface area contributed by atoms with Crippen LogP contribution in [0.2, 0.25) is 0 Å². The molecule has 0 aliphatic heterocycles. The van der Waals surface area contributed by atoms with Gasteiger partial charge in [-0.05, 0) is 75.3 Å². The van der Waals surface area contributed by atoms with Crippen molar-refractivity contribution in [3.8, 4) is 0 Å². The van der Waals surface area contributed by atoms with Crippen molar-refractivity contribution in [1.82, 2.24) is 19.8 Å². The van der Waals surface area contributed by atoms with E-state index in [2.05, 4.69) is 52.1 Å². The fraction of sp³-hybridized carbons (Fsp3) is 0.462. The summed E-state index contributed by atoms with van der Waals surface area (Å²) in [6.07, 6.45) is 5.90. The SMILES string of the molecule is CCN(CC)CCCNC(=O)c1ccc(Nc2nc3ccccc3n2C2CCCC2)cc1. The number of hydrogen-bond donors (Lipinski definition) is 2. The summed E-state index contributed by atoms with van der Waals surface area (Å²) in [6, 6.07) is 16.5. The number of fused-ring (bicyclic) bond motifs is 1. The summed E-state index contributed by atoms with van der Waals surface area (Å²) in [6.45, 7) is 8.14. The highest BCUT2D eigenvalue weighted by Gasteiger charge is 2.22. The van der Waals surface area contributed by atoms with Crippen LogP contribution in [0.4, 0.5) is 11.6 Å². The van der Waals surface area contributed by atoms with Gasteiger partial charge in [-0.1, -0.05) is 38.8 Å². The number of imidazole rings is 1. The van der Waals surface area contributed by atoms with Crippen molar-refractivity contribution in [3.63, 3.8) is 0 Å². The van der Waals surface area contributed by atoms with Crippen molar-refractivity contribution >= 4 is 28.6 Å². The van der Waals surface area contributed by atoms with Crippen LogP contribution in [-0.4, -0.2) is 46.5 Å². The Kier molecular flexibility index (Phi) is 7.43. The van der Waals surface area contributed by atoms with Crippen LogP contribution in [0.15, 0.2) is 48.5 Å². The molecule has 4 rings (SSSR count). The second kappa shape index (κ2) is 10.6. The Balaban J connectivity index is 1.40. The quantitative estimate of drug-likeness (QED) is 0.423. The number of amides is 1. The van der Waals surface area contributed by atoms with Crippen LogP contribution in [0, 0.1) is 0 Å².